The third-order valence-corrected chi connectivity index (χ3v) is 5.14. The van der Waals surface area contributed by atoms with Crippen molar-refractivity contribution in [2.75, 3.05) is 31.1 Å². The quantitative estimate of drug-likeness (QED) is 0.917. The third-order valence-electron chi connectivity index (χ3n) is 5.14. The van der Waals surface area contributed by atoms with Crippen molar-refractivity contribution in [3.05, 3.63) is 54.4 Å². The van der Waals surface area contributed by atoms with Crippen LogP contribution < -0.4 is 15.0 Å². The summed E-state index contributed by atoms with van der Waals surface area (Å²) in [7, 11) is 0. The summed E-state index contributed by atoms with van der Waals surface area (Å²) in [6, 6.07) is 13.4. The predicted octanol–water partition coefficient (Wildman–Crippen LogP) is 3.21. The Morgan fingerprint density at radius 1 is 1.17 bits per heavy atom. The SMILES string of the molecule is c1ccc([C@@H]2CCN(c3cncc(OC[C@@H]4CCCN4)c3)C2)cc1. The van der Waals surface area contributed by atoms with E-state index in [9.17, 15) is 0 Å². The minimum Gasteiger partial charge on any atom is -0.490 e. The van der Waals surface area contributed by atoms with Crippen molar-refractivity contribution in [2.24, 2.45) is 0 Å². The van der Waals surface area contributed by atoms with E-state index in [-0.39, 0.29) is 0 Å². The summed E-state index contributed by atoms with van der Waals surface area (Å²) in [4.78, 5) is 6.81. The van der Waals surface area contributed by atoms with Gasteiger partial charge in [0.2, 0.25) is 0 Å². The van der Waals surface area contributed by atoms with Crippen LogP contribution in [0.2, 0.25) is 0 Å². The average Bonchev–Trinajstić information content (AvgIpc) is 3.33. The van der Waals surface area contributed by atoms with Crippen molar-refractivity contribution in [3.63, 3.8) is 0 Å². The molecule has 24 heavy (non-hydrogen) atoms. The molecule has 3 heterocycles. The lowest BCUT2D eigenvalue weighted by Crippen LogP contribution is -2.28. The molecular weight excluding hydrogens is 298 g/mol. The van der Waals surface area contributed by atoms with Gasteiger partial charge in [0.1, 0.15) is 12.4 Å². The Morgan fingerprint density at radius 3 is 2.92 bits per heavy atom. The van der Waals surface area contributed by atoms with Crippen LogP contribution in [-0.2, 0) is 0 Å². The lowest BCUT2D eigenvalue weighted by molar-refractivity contribution is 0.276. The molecule has 2 saturated heterocycles. The smallest absolute Gasteiger partial charge is 0.139 e. The fourth-order valence-corrected chi connectivity index (χ4v) is 3.75. The van der Waals surface area contributed by atoms with Gasteiger partial charge in [-0.3, -0.25) is 4.98 Å². The lowest BCUT2D eigenvalue weighted by atomic mass is 9.99. The highest BCUT2D eigenvalue weighted by molar-refractivity contribution is 5.50. The van der Waals surface area contributed by atoms with E-state index in [1.165, 1.54) is 30.5 Å². The van der Waals surface area contributed by atoms with E-state index in [2.05, 4.69) is 51.6 Å². The molecular formula is C20H25N3O. The fraction of sp³-hybridized carbons (Fsp3) is 0.450. The van der Waals surface area contributed by atoms with E-state index < -0.39 is 0 Å². The Kier molecular flexibility index (Phi) is 4.65. The molecule has 0 amide bonds. The molecule has 4 heteroatoms. The number of nitrogens with one attached hydrogen (secondary N) is 1. The van der Waals surface area contributed by atoms with Crippen LogP contribution >= 0.6 is 0 Å². The summed E-state index contributed by atoms with van der Waals surface area (Å²) in [6.07, 6.45) is 7.43. The summed E-state index contributed by atoms with van der Waals surface area (Å²) >= 11 is 0. The van der Waals surface area contributed by atoms with Gasteiger partial charge >= 0.3 is 0 Å². The normalized spacial score (nSPS) is 23.6. The fourth-order valence-electron chi connectivity index (χ4n) is 3.75. The average molecular weight is 323 g/mol. The van der Waals surface area contributed by atoms with Crippen molar-refractivity contribution < 1.29 is 4.74 Å². The van der Waals surface area contributed by atoms with Crippen LogP contribution in [0.15, 0.2) is 48.8 Å². The van der Waals surface area contributed by atoms with E-state index in [0.717, 1.165) is 32.0 Å². The highest BCUT2D eigenvalue weighted by Crippen LogP contribution is 2.31. The minimum atomic E-state index is 0.489. The number of anilines is 1. The largest absolute Gasteiger partial charge is 0.490 e. The zero-order chi connectivity index (χ0) is 16.2. The van der Waals surface area contributed by atoms with Crippen LogP contribution in [0.3, 0.4) is 0 Å². The molecule has 0 unspecified atom stereocenters. The Labute approximate surface area is 143 Å². The highest BCUT2D eigenvalue weighted by Gasteiger charge is 2.24. The van der Waals surface area contributed by atoms with Crippen molar-refractivity contribution in [1.29, 1.82) is 0 Å². The second kappa shape index (κ2) is 7.22. The maximum Gasteiger partial charge on any atom is 0.139 e. The second-order valence-corrected chi connectivity index (χ2v) is 6.83. The molecule has 1 aromatic heterocycles. The number of ether oxygens (including phenoxy) is 1. The maximum atomic E-state index is 5.95. The van der Waals surface area contributed by atoms with Crippen molar-refractivity contribution in [1.82, 2.24) is 10.3 Å². The first-order valence-corrected chi connectivity index (χ1v) is 8.99. The van der Waals surface area contributed by atoms with E-state index in [4.69, 9.17) is 4.74 Å². The maximum absolute atomic E-state index is 5.95. The topological polar surface area (TPSA) is 37.4 Å². The molecule has 2 atom stereocenters. The molecule has 4 rings (SSSR count). The zero-order valence-electron chi connectivity index (χ0n) is 14.0. The molecule has 126 valence electrons. The van der Waals surface area contributed by atoms with Crippen LogP contribution in [0.25, 0.3) is 0 Å². The molecule has 0 bridgehead atoms. The first-order valence-electron chi connectivity index (χ1n) is 8.99. The van der Waals surface area contributed by atoms with Crippen molar-refractivity contribution in [2.45, 2.75) is 31.2 Å². The molecule has 0 saturated carbocycles. The van der Waals surface area contributed by atoms with Crippen LogP contribution in [0, 0.1) is 0 Å². The van der Waals surface area contributed by atoms with Gasteiger partial charge in [0.05, 0.1) is 18.1 Å². The molecule has 2 aliphatic heterocycles. The second-order valence-electron chi connectivity index (χ2n) is 6.83. The number of rotatable bonds is 5. The lowest BCUT2D eigenvalue weighted by Gasteiger charge is -2.19. The van der Waals surface area contributed by atoms with E-state index >= 15 is 0 Å². The predicted molar refractivity (Wildman–Crippen MR) is 96.8 cm³/mol. The van der Waals surface area contributed by atoms with Gasteiger partial charge in [-0.2, -0.15) is 0 Å². The van der Waals surface area contributed by atoms with Crippen LogP contribution in [0.4, 0.5) is 5.69 Å². The molecule has 0 spiro atoms. The van der Waals surface area contributed by atoms with Crippen LogP contribution in [-0.4, -0.2) is 37.3 Å². The van der Waals surface area contributed by atoms with Crippen LogP contribution in [0.5, 0.6) is 5.75 Å². The van der Waals surface area contributed by atoms with Gasteiger partial charge in [-0.15, -0.1) is 0 Å². The van der Waals surface area contributed by atoms with E-state index in [1.54, 1.807) is 0 Å². The molecule has 2 aromatic rings. The number of aromatic nitrogens is 1. The Bertz CT molecular complexity index is 655. The van der Waals surface area contributed by atoms with Gasteiger partial charge in [0, 0.05) is 31.1 Å². The summed E-state index contributed by atoms with van der Waals surface area (Å²) < 4.78 is 5.95. The van der Waals surface area contributed by atoms with Crippen LogP contribution in [0.1, 0.15) is 30.7 Å². The van der Waals surface area contributed by atoms with E-state index in [0.29, 0.717) is 12.0 Å². The minimum absolute atomic E-state index is 0.489. The molecule has 0 aliphatic carbocycles. The van der Waals surface area contributed by atoms with Crippen molar-refractivity contribution in [3.8, 4) is 5.75 Å². The molecule has 1 aromatic carbocycles. The number of benzene rings is 1. The molecule has 0 radical (unpaired) electrons. The first-order chi connectivity index (χ1) is 11.9. The number of pyridine rings is 1. The van der Waals surface area contributed by atoms with Gasteiger partial charge in [-0.1, -0.05) is 30.3 Å². The van der Waals surface area contributed by atoms with Gasteiger partial charge < -0.3 is 15.0 Å². The molecule has 4 nitrogen and oxygen atoms in total. The summed E-state index contributed by atoms with van der Waals surface area (Å²) in [5.74, 6) is 1.49. The van der Waals surface area contributed by atoms with Gasteiger partial charge in [0.15, 0.2) is 0 Å². The van der Waals surface area contributed by atoms with Gasteiger partial charge in [-0.05, 0) is 31.4 Å². The number of nitrogens with zero attached hydrogens (tertiary/aromatic N) is 2. The highest BCUT2D eigenvalue weighted by atomic mass is 16.5. The first kappa shape index (κ1) is 15.5. The standard InChI is InChI=1S/C20H25N3O/c1-2-5-16(6-3-1)17-8-10-23(14-17)19-11-20(13-21-12-19)24-15-18-7-4-9-22-18/h1-3,5-6,11-13,17-18,22H,4,7-10,14-15H2/t17-,18+/m1/s1. The van der Waals surface area contributed by atoms with Gasteiger partial charge in [-0.25, -0.2) is 0 Å². The monoisotopic (exact) mass is 323 g/mol. The zero-order valence-corrected chi connectivity index (χ0v) is 14.0. The summed E-state index contributed by atoms with van der Waals surface area (Å²) in [5, 5.41) is 3.46. The molecule has 2 fully saturated rings. The summed E-state index contributed by atoms with van der Waals surface area (Å²) in [5.41, 5.74) is 2.61. The Hall–Kier alpha value is -2.07. The van der Waals surface area contributed by atoms with Crippen molar-refractivity contribution >= 4 is 5.69 Å². The summed E-state index contributed by atoms with van der Waals surface area (Å²) in [6.45, 7) is 3.98. The number of hydrogen-bond acceptors (Lipinski definition) is 4. The Balaban J connectivity index is 1.38. The third kappa shape index (κ3) is 3.54. The van der Waals surface area contributed by atoms with E-state index in [1.807, 2.05) is 12.4 Å². The number of hydrogen-bond donors (Lipinski definition) is 1. The molecule has 2 aliphatic rings. The van der Waals surface area contributed by atoms with Gasteiger partial charge in [0.25, 0.3) is 0 Å². The molecule has 1 N–H and O–H groups in total. The Morgan fingerprint density at radius 2 is 2.08 bits per heavy atom.